The molecule has 1 atom stereocenters. The van der Waals surface area contributed by atoms with Crippen LogP contribution < -0.4 is 0 Å². The third-order valence-corrected chi connectivity index (χ3v) is 4.04. The van der Waals surface area contributed by atoms with Crippen molar-refractivity contribution in [3.63, 3.8) is 0 Å². The summed E-state index contributed by atoms with van der Waals surface area (Å²) in [4.78, 5) is 4.06. The molecule has 1 unspecified atom stereocenters. The summed E-state index contributed by atoms with van der Waals surface area (Å²) in [6, 6.07) is 11.0. The van der Waals surface area contributed by atoms with Gasteiger partial charge in [0.2, 0.25) is 0 Å². The second-order valence-corrected chi connectivity index (χ2v) is 6.65. The molecule has 0 aliphatic heterocycles. The molecule has 1 aromatic heterocycles. The number of hydrogen-bond donors (Lipinski definition) is 1. The van der Waals surface area contributed by atoms with E-state index in [1.165, 1.54) is 0 Å². The molecule has 0 spiro atoms. The van der Waals surface area contributed by atoms with Crippen LogP contribution in [0.15, 0.2) is 48.8 Å². The van der Waals surface area contributed by atoms with Crippen molar-refractivity contribution in [1.82, 2.24) is 4.98 Å². The molecule has 0 saturated heterocycles. The van der Waals surface area contributed by atoms with E-state index in [2.05, 4.69) is 4.98 Å². The van der Waals surface area contributed by atoms with Gasteiger partial charge in [-0.05, 0) is 41.5 Å². The van der Waals surface area contributed by atoms with Gasteiger partial charge in [0.15, 0.2) is 5.60 Å². The predicted octanol–water partition coefficient (Wildman–Crippen LogP) is 4.73. The maximum absolute atomic E-state index is 13.0. The van der Waals surface area contributed by atoms with Crippen molar-refractivity contribution < 1.29 is 18.3 Å². The molecule has 0 bridgehead atoms. The maximum Gasteiger partial charge on any atom is 0.416 e. The van der Waals surface area contributed by atoms with Gasteiger partial charge in [0.25, 0.3) is 0 Å². The van der Waals surface area contributed by atoms with Crippen LogP contribution in [-0.4, -0.2) is 21.9 Å². The smallest absolute Gasteiger partial charge is 0.381 e. The zero-order chi connectivity index (χ0) is 17.3. The molecule has 1 heterocycles. The van der Waals surface area contributed by atoms with Crippen LogP contribution in [-0.2, 0) is 5.41 Å². The third-order valence-electron chi connectivity index (χ3n) is 4.04. The molecule has 0 saturated carbocycles. The topological polar surface area (TPSA) is 33.1 Å². The zero-order valence-corrected chi connectivity index (χ0v) is 13.4. The number of nitrogens with zero attached hydrogens (tertiary/aromatic N) is 1. The average molecular weight is 323 g/mol. The van der Waals surface area contributed by atoms with E-state index < -0.39 is 23.6 Å². The van der Waals surface area contributed by atoms with E-state index in [0.29, 0.717) is 0 Å². The van der Waals surface area contributed by atoms with E-state index in [4.69, 9.17) is 0 Å². The first kappa shape index (κ1) is 17.5. The van der Waals surface area contributed by atoms with Crippen LogP contribution >= 0.6 is 0 Å². The van der Waals surface area contributed by atoms with E-state index in [9.17, 15) is 18.3 Å². The van der Waals surface area contributed by atoms with Gasteiger partial charge in [-0.25, -0.2) is 0 Å². The average Bonchev–Trinajstić information content (AvgIpc) is 2.46. The summed E-state index contributed by atoms with van der Waals surface area (Å²) < 4.78 is 38.9. The molecule has 0 fully saturated rings. The van der Waals surface area contributed by atoms with Gasteiger partial charge >= 0.3 is 6.18 Å². The van der Waals surface area contributed by atoms with E-state index >= 15 is 0 Å². The van der Waals surface area contributed by atoms with Crippen molar-refractivity contribution in [2.45, 2.75) is 44.4 Å². The maximum atomic E-state index is 13.0. The molecule has 1 N–H and O–H groups in total. The Morgan fingerprint density at radius 1 is 1.00 bits per heavy atom. The van der Waals surface area contributed by atoms with Crippen molar-refractivity contribution in [2.75, 3.05) is 0 Å². The predicted molar refractivity (Wildman–Crippen MR) is 84.0 cm³/mol. The number of rotatable bonds is 4. The second kappa shape index (κ2) is 5.96. The molecule has 5 heteroatoms. The minimum Gasteiger partial charge on any atom is -0.381 e. The molecular weight excluding hydrogens is 303 g/mol. The normalized spacial score (nSPS) is 15.3. The number of pyridine rings is 1. The summed E-state index contributed by atoms with van der Waals surface area (Å²) in [7, 11) is 0. The van der Waals surface area contributed by atoms with Crippen molar-refractivity contribution in [1.29, 1.82) is 0 Å². The summed E-state index contributed by atoms with van der Waals surface area (Å²) in [5.41, 5.74) is -1.05. The van der Waals surface area contributed by atoms with Crippen LogP contribution in [0.2, 0.25) is 0 Å². The van der Waals surface area contributed by atoms with Crippen molar-refractivity contribution in [2.24, 2.45) is 0 Å². The largest absolute Gasteiger partial charge is 0.416 e. The van der Waals surface area contributed by atoms with Crippen molar-refractivity contribution >= 4 is 0 Å². The summed E-state index contributed by atoms with van der Waals surface area (Å²) in [6.45, 7) is 4.23. The number of aliphatic hydroxyl groups is 1. The van der Waals surface area contributed by atoms with Crippen LogP contribution in [0.5, 0.6) is 0 Å². The number of halogens is 3. The van der Waals surface area contributed by atoms with Gasteiger partial charge < -0.3 is 5.11 Å². The lowest BCUT2D eigenvalue weighted by atomic mass is 9.75. The summed E-state index contributed by atoms with van der Waals surface area (Å²) in [5, 5.41) is 9.80. The molecule has 2 nitrogen and oxygen atoms in total. The molecule has 124 valence electrons. The molecule has 0 radical (unpaired) electrons. The van der Waals surface area contributed by atoms with Gasteiger partial charge in [-0.1, -0.05) is 44.2 Å². The first-order valence-corrected chi connectivity index (χ1v) is 7.33. The SMILES string of the molecule is CC(C)(CC(C)(O)C(F)(F)F)c1cccc(-c2cccnc2)c1. The molecule has 23 heavy (non-hydrogen) atoms. The highest BCUT2D eigenvalue weighted by Crippen LogP contribution is 2.41. The van der Waals surface area contributed by atoms with Gasteiger partial charge in [-0.3, -0.25) is 4.98 Å². The van der Waals surface area contributed by atoms with Gasteiger partial charge in [0.1, 0.15) is 0 Å². The Kier molecular flexibility index (Phi) is 4.53. The Balaban J connectivity index is 2.34. The van der Waals surface area contributed by atoms with E-state index in [0.717, 1.165) is 23.6 Å². The lowest BCUT2D eigenvalue weighted by Crippen LogP contribution is -2.46. The molecule has 0 aliphatic rings. The van der Waals surface area contributed by atoms with Crippen LogP contribution in [0.25, 0.3) is 11.1 Å². The highest BCUT2D eigenvalue weighted by atomic mass is 19.4. The number of benzene rings is 1. The Morgan fingerprint density at radius 3 is 2.22 bits per heavy atom. The standard InChI is InChI=1S/C18H20F3NO/c1-16(2,12-17(3,23)18(19,20)21)15-8-4-6-13(10-15)14-7-5-9-22-11-14/h4-11,23H,12H2,1-3H3. The highest BCUT2D eigenvalue weighted by Gasteiger charge is 2.52. The lowest BCUT2D eigenvalue weighted by Gasteiger charge is -2.35. The molecule has 1 aromatic carbocycles. The van der Waals surface area contributed by atoms with E-state index in [1.54, 1.807) is 32.3 Å². The second-order valence-electron chi connectivity index (χ2n) is 6.65. The van der Waals surface area contributed by atoms with Crippen LogP contribution in [0.3, 0.4) is 0 Å². The Labute approximate surface area is 134 Å². The minimum absolute atomic E-state index is 0.417. The summed E-state index contributed by atoms with van der Waals surface area (Å²) in [5.74, 6) is 0. The van der Waals surface area contributed by atoms with Gasteiger partial charge in [0, 0.05) is 12.4 Å². The fourth-order valence-electron chi connectivity index (χ4n) is 2.72. The summed E-state index contributed by atoms with van der Waals surface area (Å²) in [6.07, 6.45) is -1.71. The molecular formula is C18H20F3NO. The van der Waals surface area contributed by atoms with Gasteiger partial charge in [0.05, 0.1) is 0 Å². The Hall–Kier alpha value is -1.88. The molecule has 0 aliphatic carbocycles. The monoisotopic (exact) mass is 323 g/mol. The quantitative estimate of drug-likeness (QED) is 0.882. The highest BCUT2D eigenvalue weighted by molar-refractivity contribution is 5.63. The first-order valence-electron chi connectivity index (χ1n) is 7.33. The summed E-state index contributed by atoms with van der Waals surface area (Å²) >= 11 is 0. The van der Waals surface area contributed by atoms with E-state index in [-0.39, 0.29) is 0 Å². The molecule has 0 amide bonds. The Bertz CT molecular complexity index is 663. The molecule has 2 aromatic rings. The Morgan fingerprint density at radius 2 is 1.65 bits per heavy atom. The molecule has 2 rings (SSSR count). The van der Waals surface area contributed by atoms with Crippen LogP contribution in [0.4, 0.5) is 13.2 Å². The van der Waals surface area contributed by atoms with Gasteiger partial charge in [-0.2, -0.15) is 13.2 Å². The lowest BCUT2D eigenvalue weighted by molar-refractivity contribution is -0.259. The fraction of sp³-hybridized carbons (Fsp3) is 0.389. The third kappa shape index (κ3) is 3.91. The van der Waals surface area contributed by atoms with Crippen molar-refractivity contribution in [3.8, 4) is 11.1 Å². The number of alkyl halides is 3. The minimum atomic E-state index is -4.66. The van der Waals surface area contributed by atoms with Gasteiger partial charge in [-0.15, -0.1) is 0 Å². The number of hydrogen-bond acceptors (Lipinski definition) is 2. The van der Waals surface area contributed by atoms with Crippen molar-refractivity contribution in [3.05, 3.63) is 54.4 Å². The van der Waals surface area contributed by atoms with Crippen LogP contribution in [0, 0.1) is 0 Å². The zero-order valence-electron chi connectivity index (χ0n) is 13.4. The van der Waals surface area contributed by atoms with Crippen LogP contribution in [0.1, 0.15) is 32.8 Å². The number of aromatic nitrogens is 1. The van der Waals surface area contributed by atoms with E-state index in [1.807, 2.05) is 30.3 Å². The fourth-order valence-corrected chi connectivity index (χ4v) is 2.72. The first-order chi connectivity index (χ1) is 10.5.